The van der Waals surface area contributed by atoms with Gasteiger partial charge in [0.1, 0.15) is 6.04 Å². The molecule has 0 saturated carbocycles. The molecule has 1 aliphatic rings. The normalized spacial score (nSPS) is 17.6. The van der Waals surface area contributed by atoms with Crippen LogP contribution in [0, 0.1) is 0 Å². The summed E-state index contributed by atoms with van der Waals surface area (Å²) in [6.07, 6.45) is 1.17. The molecule has 1 atom stereocenters. The van der Waals surface area contributed by atoms with Crippen molar-refractivity contribution in [2.75, 3.05) is 6.54 Å². The van der Waals surface area contributed by atoms with E-state index < -0.39 is 12.0 Å². The molecule has 1 aliphatic heterocycles. The zero-order chi connectivity index (χ0) is 16.3. The lowest BCUT2D eigenvalue weighted by molar-refractivity contribution is -0.141. The first-order valence-corrected chi connectivity index (χ1v) is 7.35. The Kier molecular flexibility index (Phi) is 4.80. The molecule has 6 nitrogen and oxygen atoms in total. The number of hydrogen-bond donors (Lipinski definition) is 2. The van der Waals surface area contributed by atoms with Crippen LogP contribution in [0.15, 0.2) is 24.3 Å². The fourth-order valence-electron chi connectivity index (χ4n) is 2.54. The van der Waals surface area contributed by atoms with Crippen molar-refractivity contribution in [3.05, 3.63) is 35.4 Å². The molecular weight excluding hydrogens is 284 g/mol. The van der Waals surface area contributed by atoms with Crippen LogP contribution in [0.5, 0.6) is 0 Å². The molecule has 2 N–H and O–H groups in total. The zero-order valence-corrected chi connectivity index (χ0v) is 12.7. The summed E-state index contributed by atoms with van der Waals surface area (Å²) < 4.78 is 0. The van der Waals surface area contributed by atoms with E-state index in [1.54, 1.807) is 24.3 Å². The lowest BCUT2D eigenvalue weighted by Crippen LogP contribution is -2.40. The Hall–Kier alpha value is -2.37. The van der Waals surface area contributed by atoms with Gasteiger partial charge in [-0.1, -0.05) is 0 Å². The third-order valence-electron chi connectivity index (χ3n) is 3.61. The Balaban J connectivity index is 2.11. The molecule has 118 valence electrons. The molecule has 0 bridgehead atoms. The number of aliphatic carboxylic acids is 1. The smallest absolute Gasteiger partial charge is 0.326 e. The fraction of sp³-hybridized carbons (Fsp3) is 0.438. The first-order chi connectivity index (χ1) is 10.4. The van der Waals surface area contributed by atoms with Gasteiger partial charge in [-0.3, -0.25) is 9.59 Å². The SMILES string of the molecule is CC(C)NC(=O)c1ccc(C(=O)N2CCCC2C(=O)O)cc1. The van der Waals surface area contributed by atoms with E-state index in [-0.39, 0.29) is 17.9 Å². The Morgan fingerprint density at radius 3 is 2.32 bits per heavy atom. The lowest BCUT2D eigenvalue weighted by atomic mass is 10.1. The molecule has 1 heterocycles. The standard InChI is InChI=1S/C16H20N2O4/c1-10(2)17-14(19)11-5-7-12(8-6-11)15(20)18-9-3-4-13(18)16(21)22/h5-8,10,13H,3-4,9H2,1-2H3,(H,17,19)(H,21,22). The molecule has 1 aromatic rings. The van der Waals surface area contributed by atoms with Crippen molar-refractivity contribution in [2.45, 2.75) is 38.8 Å². The molecule has 1 aromatic carbocycles. The van der Waals surface area contributed by atoms with E-state index in [9.17, 15) is 14.4 Å². The Morgan fingerprint density at radius 2 is 1.77 bits per heavy atom. The molecule has 0 aliphatic carbocycles. The Morgan fingerprint density at radius 1 is 1.18 bits per heavy atom. The van der Waals surface area contributed by atoms with E-state index in [0.29, 0.717) is 30.5 Å². The van der Waals surface area contributed by atoms with Crippen molar-refractivity contribution < 1.29 is 19.5 Å². The van der Waals surface area contributed by atoms with E-state index in [2.05, 4.69) is 5.32 Å². The zero-order valence-electron chi connectivity index (χ0n) is 12.7. The first kappa shape index (κ1) is 16.0. The molecule has 0 spiro atoms. The predicted octanol–water partition coefficient (Wildman–Crippen LogP) is 1.51. The highest BCUT2D eigenvalue weighted by Crippen LogP contribution is 2.20. The van der Waals surface area contributed by atoms with Gasteiger partial charge in [0.2, 0.25) is 0 Å². The van der Waals surface area contributed by atoms with Gasteiger partial charge in [0.25, 0.3) is 11.8 Å². The number of nitrogens with zero attached hydrogens (tertiary/aromatic N) is 1. The molecule has 2 amide bonds. The van der Waals surface area contributed by atoms with E-state index >= 15 is 0 Å². The lowest BCUT2D eigenvalue weighted by Gasteiger charge is -2.21. The van der Waals surface area contributed by atoms with Gasteiger partial charge in [0.05, 0.1) is 0 Å². The van der Waals surface area contributed by atoms with Crippen LogP contribution in [-0.4, -0.2) is 46.4 Å². The van der Waals surface area contributed by atoms with Gasteiger partial charge in [0, 0.05) is 23.7 Å². The second-order valence-corrected chi connectivity index (χ2v) is 5.70. The summed E-state index contributed by atoms with van der Waals surface area (Å²) in [6.45, 7) is 4.19. The van der Waals surface area contributed by atoms with Gasteiger partial charge in [-0.05, 0) is 51.0 Å². The summed E-state index contributed by atoms with van der Waals surface area (Å²) in [5.41, 5.74) is 0.871. The summed E-state index contributed by atoms with van der Waals surface area (Å²) in [5.74, 6) is -1.47. The second kappa shape index (κ2) is 6.60. The number of rotatable bonds is 4. The van der Waals surface area contributed by atoms with Crippen LogP contribution in [0.1, 0.15) is 47.4 Å². The van der Waals surface area contributed by atoms with Crippen LogP contribution in [-0.2, 0) is 4.79 Å². The fourth-order valence-corrected chi connectivity index (χ4v) is 2.54. The minimum atomic E-state index is -0.973. The van der Waals surface area contributed by atoms with Gasteiger partial charge in [-0.15, -0.1) is 0 Å². The van der Waals surface area contributed by atoms with Crippen LogP contribution in [0.25, 0.3) is 0 Å². The summed E-state index contributed by atoms with van der Waals surface area (Å²) >= 11 is 0. The maximum Gasteiger partial charge on any atom is 0.326 e. The van der Waals surface area contributed by atoms with E-state index in [1.807, 2.05) is 13.8 Å². The summed E-state index contributed by atoms with van der Waals surface area (Å²) in [5, 5.41) is 11.9. The van der Waals surface area contributed by atoms with Crippen molar-refractivity contribution in [1.29, 1.82) is 0 Å². The van der Waals surface area contributed by atoms with Gasteiger partial charge in [0.15, 0.2) is 0 Å². The van der Waals surface area contributed by atoms with Gasteiger partial charge in [-0.2, -0.15) is 0 Å². The minimum Gasteiger partial charge on any atom is -0.480 e. The van der Waals surface area contributed by atoms with E-state index in [4.69, 9.17) is 5.11 Å². The second-order valence-electron chi connectivity index (χ2n) is 5.70. The van der Waals surface area contributed by atoms with Crippen LogP contribution in [0.4, 0.5) is 0 Å². The van der Waals surface area contributed by atoms with Crippen molar-refractivity contribution in [3.63, 3.8) is 0 Å². The summed E-state index contributed by atoms with van der Waals surface area (Å²) in [6, 6.07) is 5.57. The highest BCUT2D eigenvalue weighted by molar-refractivity contribution is 5.99. The van der Waals surface area contributed by atoms with Crippen molar-refractivity contribution in [3.8, 4) is 0 Å². The van der Waals surface area contributed by atoms with Gasteiger partial charge < -0.3 is 15.3 Å². The molecule has 1 saturated heterocycles. The monoisotopic (exact) mass is 304 g/mol. The van der Waals surface area contributed by atoms with Crippen molar-refractivity contribution >= 4 is 17.8 Å². The number of carboxylic acids is 1. The maximum absolute atomic E-state index is 12.4. The van der Waals surface area contributed by atoms with E-state index in [1.165, 1.54) is 4.90 Å². The molecule has 2 rings (SSSR count). The summed E-state index contributed by atoms with van der Waals surface area (Å²) in [7, 11) is 0. The number of hydrogen-bond acceptors (Lipinski definition) is 3. The largest absolute Gasteiger partial charge is 0.480 e. The molecular formula is C16H20N2O4. The maximum atomic E-state index is 12.4. The Bertz CT molecular complexity index is 580. The van der Waals surface area contributed by atoms with Gasteiger partial charge >= 0.3 is 5.97 Å². The molecule has 22 heavy (non-hydrogen) atoms. The van der Waals surface area contributed by atoms with Crippen LogP contribution in [0.2, 0.25) is 0 Å². The van der Waals surface area contributed by atoms with Crippen LogP contribution >= 0.6 is 0 Å². The number of benzene rings is 1. The minimum absolute atomic E-state index is 0.0368. The third kappa shape index (κ3) is 3.44. The quantitative estimate of drug-likeness (QED) is 0.883. The number of carbonyl (C=O) groups is 3. The third-order valence-corrected chi connectivity index (χ3v) is 3.61. The number of likely N-dealkylation sites (tertiary alicyclic amines) is 1. The number of carbonyl (C=O) groups excluding carboxylic acids is 2. The molecule has 6 heteroatoms. The average molecular weight is 304 g/mol. The van der Waals surface area contributed by atoms with E-state index in [0.717, 1.165) is 0 Å². The molecule has 1 unspecified atom stereocenters. The summed E-state index contributed by atoms with van der Waals surface area (Å²) in [4.78, 5) is 36.8. The average Bonchev–Trinajstić information content (AvgIpc) is 2.95. The molecule has 1 fully saturated rings. The first-order valence-electron chi connectivity index (χ1n) is 7.35. The number of nitrogens with one attached hydrogen (secondary N) is 1. The Labute approximate surface area is 129 Å². The number of carboxylic acid groups (broad SMARTS) is 1. The van der Waals surface area contributed by atoms with Crippen LogP contribution < -0.4 is 5.32 Å². The van der Waals surface area contributed by atoms with Gasteiger partial charge in [-0.25, -0.2) is 4.79 Å². The highest BCUT2D eigenvalue weighted by Gasteiger charge is 2.34. The number of amides is 2. The molecule has 0 radical (unpaired) electrons. The van der Waals surface area contributed by atoms with Crippen molar-refractivity contribution in [2.24, 2.45) is 0 Å². The predicted molar refractivity (Wildman–Crippen MR) is 80.7 cm³/mol. The topological polar surface area (TPSA) is 86.7 Å². The molecule has 0 aromatic heterocycles. The van der Waals surface area contributed by atoms with Crippen LogP contribution in [0.3, 0.4) is 0 Å². The van der Waals surface area contributed by atoms with Crippen molar-refractivity contribution in [1.82, 2.24) is 10.2 Å². The highest BCUT2D eigenvalue weighted by atomic mass is 16.4.